The number of para-hydroxylation sites is 1. The van der Waals surface area contributed by atoms with Crippen molar-refractivity contribution in [1.29, 1.82) is 0 Å². The van der Waals surface area contributed by atoms with Crippen LogP contribution in [0.2, 0.25) is 0 Å². The van der Waals surface area contributed by atoms with Gasteiger partial charge in [-0.05, 0) is 24.6 Å². The second kappa shape index (κ2) is 7.13. The summed E-state index contributed by atoms with van der Waals surface area (Å²) in [5, 5.41) is 6.30. The van der Waals surface area contributed by atoms with Crippen molar-refractivity contribution in [1.82, 2.24) is 15.6 Å². The number of benzene rings is 2. The lowest BCUT2D eigenvalue weighted by Gasteiger charge is -2.18. The molecule has 126 valence electrons. The summed E-state index contributed by atoms with van der Waals surface area (Å²) in [5.41, 5.74) is 2.63. The maximum absolute atomic E-state index is 12.8. The van der Waals surface area contributed by atoms with Gasteiger partial charge in [-0.15, -0.1) is 0 Å². The molecule has 1 atom stereocenters. The molecule has 1 heterocycles. The van der Waals surface area contributed by atoms with Gasteiger partial charge in [0, 0.05) is 18.1 Å². The smallest absolute Gasteiger partial charge is 0.254 e. The Morgan fingerprint density at radius 3 is 2.44 bits per heavy atom. The van der Waals surface area contributed by atoms with Crippen LogP contribution in [-0.2, 0) is 4.79 Å². The number of carbonyl (C=O) groups excluding carboxylic acids is 2. The molecule has 0 fully saturated rings. The zero-order valence-electron chi connectivity index (χ0n) is 14.1. The zero-order valence-corrected chi connectivity index (χ0v) is 14.1. The van der Waals surface area contributed by atoms with Gasteiger partial charge in [-0.2, -0.15) is 0 Å². The Kier molecular flexibility index (Phi) is 4.75. The van der Waals surface area contributed by atoms with E-state index >= 15 is 0 Å². The quantitative estimate of drug-likeness (QED) is 0.771. The minimum absolute atomic E-state index is 0.274. The Labute approximate surface area is 146 Å². The fraction of sp³-hybridized carbons (Fsp3) is 0.150. The fourth-order valence-electron chi connectivity index (χ4n) is 2.73. The van der Waals surface area contributed by atoms with Crippen LogP contribution in [0.15, 0.2) is 60.7 Å². The molecule has 0 saturated heterocycles. The van der Waals surface area contributed by atoms with Crippen molar-refractivity contribution < 1.29 is 9.59 Å². The van der Waals surface area contributed by atoms with Crippen molar-refractivity contribution in [2.75, 3.05) is 7.05 Å². The van der Waals surface area contributed by atoms with E-state index in [0.29, 0.717) is 11.1 Å². The molecule has 3 rings (SSSR count). The fourth-order valence-corrected chi connectivity index (χ4v) is 2.73. The first kappa shape index (κ1) is 16.6. The van der Waals surface area contributed by atoms with Crippen LogP contribution in [0.1, 0.15) is 27.7 Å². The van der Waals surface area contributed by atoms with Gasteiger partial charge >= 0.3 is 0 Å². The Morgan fingerprint density at radius 2 is 1.72 bits per heavy atom. The summed E-state index contributed by atoms with van der Waals surface area (Å²) in [6.45, 7) is 1.88. The van der Waals surface area contributed by atoms with Gasteiger partial charge in [0.2, 0.25) is 5.91 Å². The lowest BCUT2D eigenvalue weighted by Crippen LogP contribution is -2.39. The molecular formula is C20H19N3O2. The van der Waals surface area contributed by atoms with Crippen LogP contribution in [0.5, 0.6) is 0 Å². The third kappa shape index (κ3) is 3.50. The highest BCUT2D eigenvalue weighted by atomic mass is 16.2. The van der Waals surface area contributed by atoms with Crippen LogP contribution in [0.4, 0.5) is 0 Å². The maximum Gasteiger partial charge on any atom is 0.254 e. The summed E-state index contributed by atoms with van der Waals surface area (Å²) in [6, 6.07) is 17.7. The first-order valence-corrected chi connectivity index (χ1v) is 8.04. The summed E-state index contributed by atoms with van der Waals surface area (Å²) >= 11 is 0. The van der Waals surface area contributed by atoms with E-state index in [9.17, 15) is 9.59 Å². The maximum atomic E-state index is 12.8. The molecule has 3 aromatic rings. The third-order valence-corrected chi connectivity index (χ3v) is 4.02. The Hall–Kier alpha value is -3.21. The molecule has 0 radical (unpaired) electrons. The lowest BCUT2D eigenvalue weighted by atomic mass is 10.0. The van der Waals surface area contributed by atoms with Gasteiger partial charge in [0.05, 0.1) is 11.1 Å². The van der Waals surface area contributed by atoms with E-state index in [4.69, 9.17) is 0 Å². The number of carbonyl (C=O) groups is 2. The van der Waals surface area contributed by atoms with E-state index in [-0.39, 0.29) is 11.8 Å². The molecule has 0 unspecified atom stereocenters. The van der Waals surface area contributed by atoms with E-state index < -0.39 is 6.04 Å². The predicted molar refractivity (Wildman–Crippen MR) is 97.2 cm³/mol. The number of rotatable bonds is 4. The standard InChI is InChI=1S/C20H19N3O2/c1-13-11-12-15-9-6-10-16(17(15)22-13)19(24)23-18(20(25)21-2)14-7-4-3-5-8-14/h3-12,18H,1-2H3,(H,21,25)(H,23,24)/t18-/m0/s1. The topological polar surface area (TPSA) is 71.1 Å². The van der Waals surface area contributed by atoms with E-state index in [2.05, 4.69) is 15.6 Å². The second-order valence-corrected chi connectivity index (χ2v) is 5.76. The molecule has 2 aromatic carbocycles. The number of hydrogen-bond donors (Lipinski definition) is 2. The van der Waals surface area contributed by atoms with E-state index in [1.807, 2.05) is 61.5 Å². The highest BCUT2D eigenvalue weighted by Crippen LogP contribution is 2.19. The van der Waals surface area contributed by atoms with Crippen molar-refractivity contribution in [2.24, 2.45) is 0 Å². The van der Waals surface area contributed by atoms with Gasteiger partial charge < -0.3 is 10.6 Å². The molecule has 0 aliphatic rings. The number of fused-ring (bicyclic) bond motifs is 1. The van der Waals surface area contributed by atoms with E-state index in [0.717, 1.165) is 16.6 Å². The summed E-state index contributed by atoms with van der Waals surface area (Å²) in [4.78, 5) is 29.6. The van der Waals surface area contributed by atoms with Crippen molar-refractivity contribution in [2.45, 2.75) is 13.0 Å². The molecule has 5 heteroatoms. The molecule has 25 heavy (non-hydrogen) atoms. The van der Waals surface area contributed by atoms with E-state index in [1.54, 1.807) is 13.1 Å². The summed E-state index contributed by atoms with van der Waals surface area (Å²) in [6.07, 6.45) is 0. The highest BCUT2D eigenvalue weighted by Gasteiger charge is 2.23. The van der Waals surface area contributed by atoms with Crippen LogP contribution in [0.25, 0.3) is 10.9 Å². The first-order chi connectivity index (χ1) is 12.1. The minimum Gasteiger partial charge on any atom is -0.357 e. The Morgan fingerprint density at radius 1 is 0.960 bits per heavy atom. The summed E-state index contributed by atoms with van der Waals surface area (Å²) in [5.74, 6) is -0.606. The number of nitrogens with one attached hydrogen (secondary N) is 2. The predicted octanol–water partition coefficient (Wildman–Crippen LogP) is 2.76. The molecule has 2 amide bonds. The normalized spacial score (nSPS) is 11.8. The number of nitrogens with zero attached hydrogens (tertiary/aromatic N) is 1. The van der Waals surface area contributed by atoms with Crippen LogP contribution >= 0.6 is 0 Å². The zero-order chi connectivity index (χ0) is 17.8. The molecule has 1 aromatic heterocycles. The largest absolute Gasteiger partial charge is 0.357 e. The molecule has 0 aliphatic heterocycles. The number of aromatic nitrogens is 1. The monoisotopic (exact) mass is 333 g/mol. The van der Waals surface area contributed by atoms with E-state index in [1.165, 1.54) is 0 Å². The summed E-state index contributed by atoms with van der Waals surface area (Å²) < 4.78 is 0. The van der Waals surface area contributed by atoms with Crippen LogP contribution < -0.4 is 10.6 Å². The van der Waals surface area contributed by atoms with Gasteiger partial charge in [-0.1, -0.05) is 48.5 Å². The van der Waals surface area contributed by atoms with Gasteiger partial charge in [0.15, 0.2) is 0 Å². The SMILES string of the molecule is CNC(=O)[C@@H](NC(=O)c1cccc2ccc(C)nc12)c1ccccc1. The Balaban J connectivity index is 1.97. The Bertz CT molecular complexity index is 923. The first-order valence-electron chi connectivity index (χ1n) is 8.04. The number of aryl methyl sites for hydroxylation is 1. The highest BCUT2D eigenvalue weighted by molar-refractivity contribution is 6.06. The molecule has 0 spiro atoms. The molecule has 0 saturated carbocycles. The average molecular weight is 333 g/mol. The molecule has 5 nitrogen and oxygen atoms in total. The molecular weight excluding hydrogens is 314 g/mol. The van der Waals surface area contributed by atoms with Crippen LogP contribution in [-0.4, -0.2) is 23.8 Å². The number of pyridine rings is 1. The van der Waals surface area contributed by atoms with Crippen molar-refractivity contribution in [3.63, 3.8) is 0 Å². The average Bonchev–Trinajstić information content (AvgIpc) is 2.65. The van der Waals surface area contributed by atoms with Gasteiger partial charge in [0.1, 0.15) is 6.04 Å². The van der Waals surface area contributed by atoms with Gasteiger partial charge in [0.25, 0.3) is 5.91 Å². The third-order valence-electron chi connectivity index (χ3n) is 4.02. The molecule has 2 N–H and O–H groups in total. The molecule has 0 bridgehead atoms. The number of hydrogen-bond acceptors (Lipinski definition) is 3. The van der Waals surface area contributed by atoms with Crippen molar-refractivity contribution >= 4 is 22.7 Å². The van der Waals surface area contributed by atoms with Crippen LogP contribution in [0.3, 0.4) is 0 Å². The van der Waals surface area contributed by atoms with Gasteiger partial charge in [-0.3, -0.25) is 14.6 Å². The van der Waals surface area contributed by atoms with Crippen molar-refractivity contribution in [3.8, 4) is 0 Å². The van der Waals surface area contributed by atoms with Gasteiger partial charge in [-0.25, -0.2) is 0 Å². The number of likely N-dealkylation sites (N-methyl/N-ethyl adjacent to an activating group) is 1. The van der Waals surface area contributed by atoms with Crippen LogP contribution in [0, 0.1) is 6.92 Å². The summed E-state index contributed by atoms with van der Waals surface area (Å²) in [7, 11) is 1.55. The lowest BCUT2D eigenvalue weighted by molar-refractivity contribution is -0.122. The number of amides is 2. The minimum atomic E-state index is -0.765. The second-order valence-electron chi connectivity index (χ2n) is 5.76. The molecule has 0 aliphatic carbocycles. The van der Waals surface area contributed by atoms with Crippen molar-refractivity contribution in [3.05, 3.63) is 77.5 Å².